The number of benzene rings is 1. The lowest BCUT2D eigenvalue weighted by molar-refractivity contribution is 0.339. The Morgan fingerprint density at radius 1 is 1.33 bits per heavy atom. The second-order valence-electron chi connectivity index (χ2n) is 4.32. The van der Waals surface area contributed by atoms with E-state index in [0.717, 1.165) is 12.6 Å². The van der Waals surface area contributed by atoms with Gasteiger partial charge in [0.25, 0.3) is 0 Å². The van der Waals surface area contributed by atoms with Gasteiger partial charge < -0.3 is 5.32 Å². The molecule has 0 amide bonds. The third-order valence-corrected chi connectivity index (χ3v) is 3.56. The molecule has 0 aromatic heterocycles. The van der Waals surface area contributed by atoms with E-state index in [1.165, 1.54) is 42.1 Å². The number of rotatable bonds is 5. The van der Waals surface area contributed by atoms with E-state index in [2.05, 4.69) is 45.5 Å². The van der Waals surface area contributed by atoms with Crippen LogP contribution in [-0.4, -0.2) is 12.6 Å². The van der Waals surface area contributed by atoms with Crippen LogP contribution in [0.3, 0.4) is 0 Å². The Kier molecular flexibility index (Phi) is 4.21. The van der Waals surface area contributed by atoms with Crippen molar-refractivity contribution >= 4 is 15.9 Å². The first-order chi connectivity index (χ1) is 7.34. The van der Waals surface area contributed by atoms with E-state index in [-0.39, 0.29) is 0 Å². The van der Waals surface area contributed by atoms with Crippen LogP contribution in [0.2, 0.25) is 0 Å². The lowest BCUT2D eigenvalue weighted by Gasteiger charge is -2.26. The van der Waals surface area contributed by atoms with Crippen LogP contribution in [-0.2, 0) is 6.42 Å². The minimum absolute atomic E-state index is 0.826. The van der Waals surface area contributed by atoms with Crippen molar-refractivity contribution in [1.29, 1.82) is 0 Å². The van der Waals surface area contributed by atoms with E-state index in [1.807, 2.05) is 0 Å². The predicted octanol–water partition coefficient (Wildman–Crippen LogP) is 3.52. The van der Waals surface area contributed by atoms with Crippen molar-refractivity contribution in [2.75, 3.05) is 6.54 Å². The Bertz CT molecular complexity index is 307. The third kappa shape index (κ3) is 3.62. The molecule has 0 aliphatic heterocycles. The van der Waals surface area contributed by atoms with Gasteiger partial charge in [0.05, 0.1) is 0 Å². The van der Waals surface area contributed by atoms with Gasteiger partial charge in [-0.3, -0.25) is 0 Å². The molecular formula is C13H18BrN. The van der Waals surface area contributed by atoms with Crippen molar-refractivity contribution in [3.8, 4) is 0 Å². The van der Waals surface area contributed by atoms with Crippen LogP contribution >= 0.6 is 15.9 Å². The largest absolute Gasteiger partial charge is 0.314 e. The summed E-state index contributed by atoms with van der Waals surface area (Å²) in [6.45, 7) is 1.16. The first-order valence-corrected chi connectivity index (χ1v) is 6.62. The van der Waals surface area contributed by atoms with Gasteiger partial charge in [0.15, 0.2) is 0 Å². The molecule has 1 aromatic rings. The minimum Gasteiger partial charge on any atom is -0.314 e. The smallest absolute Gasteiger partial charge is 0.0177 e. The fourth-order valence-corrected chi connectivity index (χ4v) is 2.35. The third-order valence-electron chi connectivity index (χ3n) is 3.07. The van der Waals surface area contributed by atoms with E-state index in [9.17, 15) is 0 Å². The van der Waals surface area contributed by atoms with Crippen LogP contribution in [0.5, 0.6) is 0 Å². The topological polar surface area (TPSA) is 12.0 Å². The van der Waals surface area contributed by atoms with Crippen molar-refractivity contribution in [3.63, 3.8) is 0 Å². The van der Waals surface area contributed by atoms with E-state index < -0.39 is 0 Å². The Balaban J connectivity index is 1.64. The zero-order chi connectivity index (χ0) is 10.5. The second-order valence-corrected chi connectivity index (χ2v) is 5.23. The lowest BCUT2D eigenvalue weighted by Crippen LogP contribution is -2.35. The van der Waals surface area contributed by atoms with Crippen molar-refractivity contribution < 1.29 is 0 Å². The molecule has 1 aliphatic rings. The fraction of sp³-hybridized carbons (Fsp3) is 0.538. The molecule has 1 saturated carbocycles. The van der Waals surface area contributed by atoms with Gasteiger partial charge in [-0.25, -0.2) is 0 Å². The zero-order valence-electron chi connectivity index (χ0n) is 9.01. The van der Waals surface area contributed by atoms with E-state index in [1.54, 1.807) is 0 Å². The van der Waals surface area contributed by atoms with E-state index in [0.29, 0.717) is 0 Å². The van der Waals surface area contributed by atoms with Crippen molar-refractivity contribution in [1.82, 2.24) is 5.32 Å². The van der Waals surface area contributed by atoms with Crippen LogP contribution in [0.15, 0.2) is 28.7 Å². The molecule has 0 saturated heterocycles. The van der Waals surface area contributed by atoms with Crippen LogP contribution in [0, 0.1) is 0 Å². The molecule has 1 aliphatic carbocycles. The highest BCUT2D eigenvalue weighted by molar-refractivity contribution is 9.10. The van der Waals surface area contributed by atoms with Gasteiger partial charge in [-0.05, 0) is 49.9 Å². The molecule has 1 fully saturated rings. The van der Waals surface area contributed by atoms with Gasteiger partial charge in [-0.2, -0.15) is 0 Å². The highest BCUT2D eigenvalue weighted by Crippen LogP contribution is 2.18. The Morgan fingerprint density at radius 2 is 2.20 bits per heavy atom. The molecule has 2 rings (SSSR count). The number of hydrogen-bond acceptors (Lipinski definition) is 1. The summed E-state index contributed by atoms with van der Waals surface area (Å²) in [5.41, 5.74) is 1.43. The molecule has 82 valence electrons. The van der Waals surface area contributed by atoms with Gasteiger partial charge in [0.2, 0.25) is 0 Å². The first-order valence-electron chi connectivity index (χ1n) is 5.82. The Hall–Kier alpha value is -0.340. The molecule has 2 heteroatoms. The molecule has 1 nitrogen and oxygen atoms in total. The lowest BCUT2D eigenvalue weighted by atomic mass is 9.93. The van der Waals surface area contributed by atoms with Crippen LogP contribution < -0.4 is 5.32 Å². The number of aryl methyl sites for hydroxylation is 1. The second kappa shape index (κ2) is 5.66. The summed E-state index contributed by atoms with van der Waals surface area (Å²) in [6.07, 6.45) is 6.61. The monoisotopic (exact) mass is 267 g/mol. The number of hydrogen-bond donors (Lipinski definition) is 1. The normalized spacial score (nSPS) is 16.3. The maximum Gasteiger partial charge on any atom is 0.0177 e. The number of halogens is 1. The van der Waals surface area contributed by atoms with Gasteiger partial charge in [0.1, 0.15) is 0 Å². The van der Waals surface area contributed by atoms with Gasteiger partial charge >= 0.3 is 0 Å². The van der Waals surface area contributed by atoms with Crippen molar-refractivity contribution in [3.05, 3.63) is 34.3 Å². The van der Waals surface area contributed by atoms with Crippen molar-refractivity contribution in [2.45, 2.75) is 38.1 Å². The summed E-state index contributed by atoms with van der Waals surface area (Å²) in [4.78, 5) is 0. The summed E-state index contributed by atoms with van der Waals surface area (Å²) in [5, 5.41) is 3.59. The summed E-state index contributed by atoms with van der Waals surface area (Å²) in [5.74, 6) is 0. The molecule has 15 heavy (non-hydrogen) atoms. The average molecular weight is 268 g/mol. The summed E-state index contributed by atoms with van der Waals surface area (Å²) in [7, 11) is 0. The molecule has 0 bridgehead atoms. The zero-order valence-corrected chi connectivity index (χ0v) is 10.6. The highest BCUT2D eigenvalue weighted by atomic mass is 79.9. The standard InChI is InChI=1S/C13H18BrN/c14-12-6-1-4-11(10-12)5-3-9-15-13-7-2-8-13/h1,4,6,10,13,15H,2-3,5,7-9H2. The quantitative estimate of drug-likeness (QED) is 0.806. The molecule has 0 radical (unpaired) electrons. The number of nitrogens with one attached hydrogen (secondary N) is 1. The molecule has 0 spiro atoms. The van der Waals surface area contributed by atoms with Gasteiger partial charge in [0, 0.05) is 10.5 Å². The van der Waals surface area contributed by atoms with E-state index in [4.69, 9.17) is 0 Å². The summed E-state index contributed by atoms with van der Waals surface area (Å²) in [6, 6.07) is 9.43. The highest BCUT2D eigenvalue weighted by Gasteiger charge is 2.15. The molecule has 0 heterocycles. The van der Waals surface area contributed by atoms with Crippen LogP contribution in [0.25, 0.3) is 0 Å². The van der Waals surface area contributed by atoms with Crippen molar-refractivity contribution in [2.24, 2.45) is 0 Å². The maximum absolute atomic E-state index is 3.59. The SMILES string of the molecule is Brc1cccc(CCCNC2CCC2)c1. The fourth-order valence-electron chi connectivity index (χ4n) is 1.90. The molecule has 0 unspecified atom stereocenters. The molecule has 1 aromatic carbocycles. The molecule has 1 N–H and O–H groups in total. The predicted molar refractivity (Wildman–Crippen MR) is 68.1 cm³/mol. The Labute approximate surface area is 100 Å². The summed E-state index contributed by atoms with van der Waals surface area (Å²) >= 11 is 3.50. The Morgan fingerprint density at radius 3 is 2.87 bits per heavy atom. The van der Waals surface area contributed by atoms with Gasteiger partial charge in [-0.15, -0.1) is 0 Å². The molecular weight excluding hydrogens is 250 g/mol. The van der Waals surface area contributed by atoms with Crippen LogP contribution in [0.1, 0.15) is 31.2 Å². The minimum atomic E-state index is 0.826. The van der Waals surface area contributed by atoms with Gasteiger partial charge in [-0.1, -0.05) is 34.5 Å². The first kappa shape index (κ1) is 11.2. The van der Waals surface area contributed by atoms with Crippen LogP contribution in [0.4, 0.5) is 0 Å². The summed E-state index contributed by atoms with van der Waals surface area (Å²) < 4.78 is 1.19. The molecule has 0 atom stereocenters. The average Bonchev–Trinajstić information content (AvgIpc) is 2.15. The maximum atomic E-state index is 3.59. The van der Waals surface area contributed by atoms with E-state index >= 15 is 0 Å².